The summed E-state index contributed by atoms with van der Waals surface area (Å²) in [4.78, 5) is 24.0. The second-order valence-corrected chi connectivity index (χ2v) is 5.84. The van der Waals surface area contributed by atoms with Gasteiger partial charge in [-0.3, -0.25) is 4.79 Å². The van der Waals surface area contributed by atoms with Gasteiger partial charge in [0.1, 0.15) is 19.0 Å². The summed E-state index contributed by atoms with van der Waals surface area (Å²) in [5.74, 6) is 1.32. The normalized spacial score (nSPS) is 12.5. The molecular formula is C21H20O7. The molecule has 1 aliphatic heterocycles. The number of fused-ring (bicyclic) bond motifs is 1. The summed E-state index contributed by atoms with van der Waals surface area (Å²) in [6.45, 7) is 0.548. The number of carbonyl (C=O) groups excluding carboxylic acids is 2. The number of rotatable bonds is 7. The highest BCUT2D eigenvalue weighted by molar-refractivity contribution is 5.99. The first-order valence-corrected chi connectivity index (χ1v) is 8.60. The van der Waals surface area contributed by atoms with Crippen molar-refractivity contribution >= 4 is 17.8 Å². The number of benzene rings is 2. The molecule has 146 valence electrons. The lowest BCUT2D eigenvalue weighted by Gasteiger charge is -2.20. The summed E-state index contributed by atoms with van der Waals surface area (Å²) in [6.07, 6.45) is 2.80. The molecule has 7 nitrogen and oxygen atoms in total. The molecular weight excluding hydrogens is 364 g/mol. The molecule has 2 aromatic carbocycles. The maximum atomic E-state index is 12.1. The first-order chi connectivity index (χ1) is 13.6. The molecule has 0 aliphatic carbocycles. The first kappa shape index (κ1) is 19.3. The smallest absolute Gasteiger partial charge is 0.331 e. The lowest BCUT2D eigenvalue weighted by molar-refractivity contribution is -0.136. The average Bonchev–Trinajstić information content (AvgIpc) is 2.75. The molecule has 1 aliphatic rings. The predicted octanol–water partition coefficient (Wildman–Crippen LogP) is 2.91. The maximum Gasteiger partial charge on any atom is 0.331 e. The summed E-state index contributed by atoms with van der Waals surface area (Å²) in [5.41, 5.74) is 1.12. The van der Waals surface area contributed by atoms with Crippen molar-refractivity contribution in [2.24, 2.45) is 0 Å². The Labute approximate surface area is 162 Å². The van der Waals surface area contributed by atoms with Crippen molar-refractivity contribution in [3.63, 3.8) is 0 Å². The van der Waals surface area contributed by atoms with Crippen LogP contribution in [0.5, 0.6) is 23.0 Å². The molecule has 0 amide bonds. The van der Waals surface area contributed by atoms with E-state index in [1.165, 1.54) is 13.2 Å². The monoisotopic (exact) mass is 384 g/mol. The summed E-state index contributed by atoms with van der Waals surface area (Å²) in [6, 6.07) is 10.0. The van der Waals surface area contributed by atoms with E-state index in [9.17, 15) is 9.59 Å². The van der Waals surface area contributed by atoms with Crippen LogP contribution in [0.2, 0.25) is 0 Å². The number of carbonyl (C=O) groups is 2. The quantitative estimate of drug-likeness (QED) is 0.412. The van der Waals surface area contributed by atoms with E-state index >= 15 is 0 Å². The van der Waals surface area contributed by atoms with E-state index in [2.05, 4.69) is 0 Å². The van der Waals surface area contributed by atoms with Gasteiger partial charge < -0.3 is 23.7 Å². The Morgan fingerprint density at radius 2 is 1.79 bits per heavy atom. The molecule has 0 unspecified atom stereocenters. The third-order valence-electron chi connectivity index (χ3n) is 4.02. The molecule has 0 aromatic heterocycles. The van der Waals surface area contributed by atoms with Gasteiger partial charge in [0.25, 0.3) is 0 Å². The van der Waals surface area contributed by atoms with Gasteiger partial charge in [-0.2, -0.15) is 0 Å². The zero-order chi connectivity index (χ0) is 19.9. The molecule has 0 fully saturated rings. The molecule has 0 spiro atoms. The lowest BCUT2D eigenvalue weighted by atomic mass is 10.1. The minimum absolute atomic E-state index is 0.301. The van der Waals surface area contributed by atoms with Crippen LogP contribution in [0, 0.1) is 0 Å². The fourth-order valence-corrected chi connectivity index (χ4v) is 2.60. The Hall–Kier alpha value is -3.48. The van der Waals surface area contributed by atoms with E-state index < -0.39 is 5.97 Å². The van der Waals surface area contributed by atoms with Crippen LogP contribution in [0.25, 0.3) is 6.08 Å². The second-order valence-electron chi connectivity index (χ2n) is 5.84. The Morgan fingerprint density at radius 1 is 1.04 bits per heavy atom. The zero-order valence-corrected chi connectivity index (χ0v) is 15.6. The van der Waals surface area contributed by atoms with Gasteiger partial charge in [0, 0.05) is 11.6 Å². The van der Waals surface area contributed by atoms with Gasteiger partial charge in [-0.1, -0.05) is 0 Å². The SMILES string of the molecule is COc1ccc(C(=O)COC(=O)/C=C/c2cc(OC)c3c(c2)OCCO3)cc1. The lowest BCUT2D eigenvalue weighted by Crippen LogP contribution is -2.16. The van der Waals surface area contributed by atoms with Crippen LogP contribution in [0.3, 0.4) is 0 Å². The van der Waals surface area contributed by atoms with Crippen LogP contribution in [0.4, 0.5) is 0 Å². The van der Waals surface area contributed by atoms with E-state index in [-0.39, 0.29) is 12.4 Å². The first-order valence-electron chi connectivity index (χ1n) is 8.60. The van der Waals surface area contributed by atoms with Crippen LogP contribution in [0.1, 0.15) is 15.9 Å². The van der Waals surface area contributed by atoms with Crippen molar-refractivity contribution in [2.45, 2.75) is 0 Å². The summed E-state index contributed by atoms with van der Waals surface area (Å²) in [5, 5.41) is 0. The zero-order valence-electron chi connectivity index (χ0n) is 15.6. The number of ketones is 1. The van der Waals surface area contributed by atoms with Crippen LogP contribution < -0.4 is 18.9 Å². The van der Waals surface area contributed by atoms with Gasteiger partial charge in [-0.15, -0.1) is 0 Å². The molecule has 0 saturated carbocycles. The van der Waals surface area contributed by atoms with Gasteiger partial charge in [-0.25, -0.2) is 4.79 Å². The second kappa shape index (κ2) is 8.94. The van der Waals surface area contributed by atoms with Gasteiger partial charge in [0.15, 0.2) is 23.9 Å². The van der Waals surface area contributed by atoms with E-state index in [4.69, 9.17) is 23.7 Å². The van der Waals surface area contributed by atoms with E-state index in [1.54, 1.807) is 49.6 Å². The van der Waals surface area contributed by atoms with Crippen LogP contribution in [0.15, 0.2) is 42.5 Å². The fourth-order valence-electron chi connectivity index (χ4n) is 2.60. The third kappa shape index (κ3) is 4.62. The molecule has 0 bridgehead atoms. The number of hydrogen-bond acceptors (Lipinski definition) is 7. The van der Waals surface area contributed by atoms with E-state index in [1.807, 2.05) is 0 Å². The van der Waals surface area contributed by atoms with Crippen molar-refractivity contribution in [2.75, 3.05) is 34.0 Å². The van der Waals surface area contributed by atoms with Gasteiger partial charge >= 0.3 is 5.97 Å². The molecule has 0 atom stereocenters. The highest BCUT2D eigenvalue weighted by Crippen LogP contribution is 2.40. The molecule has 3 rings (SSSR count). The van der Waals surface area contributed by atoms with Crippen molar-refractivity contribution in [1.29, 1.82) is 0 Å². The topological polar surface area (TPSA) is 80.3 Å². The fraction of sp³-hybridized carbons (Fsp3) is 0.238. The number of methoxy groups -OCH3 is 2. The molecule has 1 heterocycles. The summed E-state index contributed by atoms with van der Waals surface area (Å²) < 4.78 is 26.4. The van der Waals surface area contributed by atoms with Crippen LogP contribution in [-0.4, -0.2) is 45.8 Å². The van der Waals surface area contributed by atoms with Gasteiger partial charge in [0.2, 0.25) is 5.75 Å². The highest BCUT2D eigenvalue weighted by atomic mass is 16.6. The van der Waals surface area contributed by atoms with Crippen LogP contribution in [-0.2, 0) is 9.53 Å². The van der Waals surface area contributed by atoms with Crippen molar-refractivity contribution in [3.8, 4) is 23.0 Å². The maximum absolute atomic E-state index is 12.1. The summed E-state index contributed by atoms with van der Waals surface area (Å²) in [7, 11) is 3.07. The molecule has 28 heavy (non-hydrogen) atoms. The van der Waals surface area contributed by atoms with E-state index in [0.29, 0.717) is 47.3 Å². The Morgan fingerprint density at radius 3 is 2.50 bits per heavy atom. The standard InChI is InChI=1S/C21H20O7/c1-24-16-6-4-15(5-7-16)17(22)13-28-20(23)8-3-14-11-18(25-2)21-19(12-14)26-9-10-27-21/h3-8,11-12H,9-10,13H2,1-2H3/b8-3+. The largest absolute Gasteiger partial charge is 0.497 e. The number of ether oxygens (including phenoxy) is 5. The predicted molar refractivity (Wildman–Crippen MR) is 101 cm³/mol. The van der Waals surface area contributed by atoms with Crippen molar-refractivity contribution in [1.82, 2.24) is 0 Å². The average molecular weight is 384 g/mol. The van der Waals surface area contributed by atoms with Gasteiger partial charge in [-0.05, 0) is 48.0 Å². The van der Waals surface area contributed by atoms with Gasteiger partial charge in [0.05, 0.1) is 14.2 Å². The van der Waals surface area contributed by atoms with Crippen molar-refractivity contribution in [3.05, 3.63) is 53.6 Å². The Kier molecular flexibility index (Phi) is 6.16. The molecule has 0 saturated heterocycles. The minimum Gasteiger partial charge on any atom is -0.497 e. The highest BCUT2D eigenvalue weighted by Gasteiger charge is 2.18. The molecule has 0 N–H and O–H groups in total. The van der Waals surface area contributed by atoms with E-state index in [0.717, 1.165) is 0 Å². The Bertz CT molecular complexity index is 867. The Balaban J connectivity index is 1.59. The third-order valence-corrected chi connectivity index (χ3v) is 4.02. The molecule has 2 aromatic rings. The summed E-state index contributed by atoms with van der Waals surface area (Å²) >= 11 is 0. The number of esters is 1. The number of Topliss-reactive ketones (excluding diaryl/α,β-unsaturated/α-hetero) is 1. The molecule has 7 heteroatoms. The minimum atomic E-state index is -0.629. The van der Waals surface area contributed by atoms with Crippen LogP contribution >= 0.6 is 0 Å². The number of hydrogen-bond donors (Lipinski definition) is 0. The van der Waals surface area contributed by atoms with Crippen molar-refractivity contribution < 1.29 is 33.3 Å². The molecule has 0 radical (unpaired) electrons.